The number of rotatable bonds is 4. The summed E-state index contributed by atoms with van der Waals surface area (Å²) in [6, 6.07) is 0. The lowest BCUT2D eigenvalue weighted by molar-refractivity contribution is -0.187. The summed E-state index contributed by atoms with van der Waals surface area (Å²) < 4.78 is 82.6. The second-order valence-corrected chi connectivity index (χ2v) is 2.92. The maximum atomic E-state index is 11.8. The fourth-order valence-corrected chi connectivity index (χ4v) is 0.904. The molecule has 0 atom stereocenters. The van der Waals surface area contributed by atoms with Gasteiger partial charge in [-0.25, -0.2) is 0 Å². The van der Waals surface area contributed by atoms with Crippen LogP contribution in [-0.4, -0.2) is 42.9 Å². The zero-order valence-corrected chi connectivity index (χ0v) is 7.83. The third kappa shape index (κ3) is 7.30. The van der Waals surface area contributed by atoms with Crippen molar-refractivity contribution < 1.29 is 35.5 Å². The molecule has 0 aliphatic rings. The molecule has 0 aliphatic heterocycles. The van der Waals surface area contributed by atoms with Crippen molar-refractivity contribution in [3.8, 4) is 0 Å². The Kier molecular flexibility index (Phi) is 5.01. The second-order valence-electron chi connectivity index (χ2n) is 2.92. The van der Waals surface area contributed by atoms with E-state index in [1.165, 1.54) is 0 Å². The summed E-state index contributed by atoms with van der Waals surface area (Å²) in [7, 11) is 0. The average molecular weight is 255 g/mol. The zero-order valence-electron chi connectivity index (χ0n) is 7.83. The van der Waals surface area contributed by atoms with E-state index in [-0.39, 0.29) is 0 Å². The van der Waals surface area contributed by atoms with Crippen LogP contribution in [0.1, 0.15) is 6.42 Å². The molecule has 0 saturated carbocycles. The summed E-state index contributed by atoms with van der Waals surface area (Å²) in [6.45, 7) is -5.37. The monoisotopic (exact) mass is 255 g/mol. The van der Waals surface area contributed by atoms with Crippen molar-refractivity contribution in [1.29, 1.82) is 0 Å². The van der Waals surface area contributed by atoms with Gasteiger partial charge in [0.25, 0.3) is 0 Å². The molecule has 0 saturated heterocycles. The van der Waals surface area contributed by atoms with Gasteiger partial charge in [0.15, 0.2) is 0 Å². The molecule has 0 aromatic carbocycles. The maximum absolute atomic E-state index is 11.8. The van der Waals surface area contributed by atoms with Crippen molar-refractivity contribution in [3.05, 3.63) is 0 Å². The van der Waals surface area contributed by atoms with E-state index in [1.54, 1.807) is 0 Å². The summed E-state index contributed by atoms with van der Waals surface area (Å²) in [5.41, 5.74) is 0. The molecule has 16 heavy (non-hydrogen) atoms. The molecule has 96 valence electrons. The van der Waals surface area contributed by atoms with Gasteiger partial charge in [-0.3, -0.25) is 9.18 Å². The number of nitrogens with zero attached hydrogens (tertiary/aromatic N) is 1. The Morgan fingerprint density at radius 3 is 1.56 bits per heavy atom. The van der Waals surface area contributed by atoms with Crippen LogP contribution in [0.4, 0.5) is 30.7 Å². The quantitative estimate of drug-likeness (QED) is 0.706. The van der Waals surface area contributed by atoms with Gasteiger partial charge in [0.2, 0.25) is 5.91 Å². The summed E-state index contributed by atoms with van der Waals surface area (Å²) in [4.78, 5) is 10.3. The smallest absolute Gasteiger partial charge is 0.324 e. The lowest BCUT2D eigenvalue weighted by Gasteiger charge is -2.24. The van der Waals surface area contributed by atoms with Crippen molar-refractivity contribution in [2.45, 2.75) is 18.8 Å². The lowest BCUT2D eigenvalue weighted by Crippen LogP contribution is -2.44. The first-order valence-electron chi connectivity index (χ1n) is 4.02. The molecule has 0 heterocycles. The van der Waals surface area contributed by atoms with Crippen LogP contribution in [0.2, 0.25) is 0 Å². The first kappa shape index (κ1) is 15.0. The minimum Gasteiger partial charge on any atom is -0.324 e. The molecule has 9 heteroatoms. The van der Waals surface area contributed by atoms with E-state index in [0.29, 0.717) is 0 Å². The van der Waals surface area contributed by atoms with Crippen LogP contribution in [0, 0.1) is 0 Å². The van der Waals surface area contributed by atoms with Crippen LogP contribution in [-0.2, 0) is 4.79 Å². The number of carbonyl (C=O) groups excluding carboxylic acids is 1. The van der Waals surface area contributed by atoms with Gasteiger partial charge in [0.05, 0.1) is 13.1 Å². The molecule has 0 spiro atoms. The van der Waals surface area contributed by atoms with Gasteiger partial charge in [-0.05, 0) is 0 Å². The van der Waals surface area contributed by atoms with Gasteiger partial charge in [0.1, 0.15) is 13.1 Å². The lowest BCUT2D eigenvalue weighted by atomic mass is 10.3. The summed E-state index contributed by atoms with van der Waals surface area (Å²) >= 11 is 0. The van der Waals surface area contributed by atoms with Crippen LogP contribution >= 0.6 is 0 Å². The SMILES string of the molecule is O=C(CCF)N(CC(F)(F)F)CC(F)(F)F. The van der Waals surface area contributed by atoms with Gasteiger partial charge in [0, 0.05) is 0 Å². The summed E-state index contributed by atoms with van der Waals surface area (Å²) in [6.07, 6.45) is -10.9. The fraction of sp³-hybridized carbons (Fsp3) is 0.857. The Labute approximate surface area is 86.0 Å². The van der Waals surface area contributed by atoms with E-state index in [1.807, 2.05) is 0 Å². The Balaban J connectivity index is 4.57. The van der Waals surface area contributed by atoms with E-state index >= 15 is 0 Å². The highest BCUT2D eigenvalue weighted by atomic mass is 19.4. The van der Waals surface area contributed by atoms with Gasteiger partial charge >= 0.3 is 12.4 Å². The zero-order chi connectivity index (χ0) is 13.0. The van der Waals surface area contributed by atoms with Crippen LogP contribution in [0.25, 0.3) is 0 Å². The molecule has 0 aliphatic carbocycles. The maximum Gasteiger partial charge on any atom is 0.406 e. The average Bonchev–Trinajstić information content (AvgIpc) is 1.97. The molecule has 0 radical (unpaired) electrons. The number of alkyl halides is 7. The Hall–Kier alpha value is -1.02. The van der Waals surface area contributed by atoms with Crippen molar-refractivity contribution in [1.82, 2.24) is 4.90 Å². The van der Waals surface area contributed by atoms with Crippen molar-refractivity contribution in [3.63, 3.8) is 0 Å². The highest BCUT2D eigenvalue weighted by Gasteiger charge is 2.39. The molecule has 0 fully saturated rings. The van der Waals surface area contributed by atoms with Crippen LogP contribution in [0.3, 0.4) is 0 Å². The standard InChI is InChI=1S/C7H8F7NO/c8-2-1-5(16)15(3-6(9,10)11)4-7(12,13)14/h1-4H2. The summed E-state index contributed by atoms with van der Waals surface area (Å²) in [5, 5.41) is 0. The van der Waals surface area contributed by atoms with E-state index < -0.39 is 49.3 Å². The molecule has 0 aromatic rings. The second kappa shape index (κ2) is 5.35. The minimum atomic E-state index is -4.95. The third-order valence-electron chi connectivity index (χ3n) is 1.40. The molecule has 0 aromatic heterocycles. The topological polar surface area (TPSA) is 20.3 Å². The van der Waals surface area contributed by atoms with Crippen molar-refractivity contribution in [2.75, 3.05) is 19.8 Å². The van der Waals surface area contributed by atoms with Gasteiger partial charge < -0.3 is 4.90 Å². The highest BCUT2D eigenvalue weighted by molar-refractivity contribution is 5.76. The first-order valence-corrected chi connectivity index (χ1v) is 4.02. The van der Waals surface area contributed by atoms with Gasteiger partial charge in [-0.15, -0.1) is 0 Å². The predicted molar refractivity (Wildman–Crippen MR) is 39.3 cm³/mol. The largest absolute Gasteiger partial charge is 0.406 e. The number of hydrogen-bond acceptors (Lipinski definition) is 1. The molecular formula is C7H8F7NO. The number of halogens is 7. The number of hydrogen-bond donors (Lipinski definition) is 0. The normalized spacial score (nSPS) is 12.7. The molecule has 1 amide bonds. The summed E-state index contributed by atoms with van der Waals surface area (Å²) in [5.74, 6) is -1.52. The van der Waals surface area contributed by atoms with Gasteiger partial charge in [-0.2, -0.15) is 26.3 Å². The first-order chi connectivity index (χ1) is 7.05. The molecule has 2 nitrogen and oxygen atoms in total. The minimum absolute atomic E-state index is 0.459. The van der Waals surface area contributed by atoms with E-state index in [0.717, 1.165) is 0 Å². The van der Waals surface area contributed by atoms with Gasteiger partial charge in [-0.1, -0.05) is 0 Å². The van der Waals surface area contributed by atoms with Crippen LogP contribution in [0.5, 0.6) is 0 Å². The van der Waals surface area contributed by atoms with E-state index in [9.17, 15) is 35.5 Å². The van der Waals surface area contributed by atoms with Crippen molar-refractivity contribution in [2.24, 2.45) is 0 Å². The number of amides is 1. The Morgan fingerprint density at radius 1 is 0.938 bits per heavy atom. The van der Waals surface area contributed by atoms with E-state index in [2.05, 4.69) is 0 Å². The molecule has 0 bridgehead atoms. The highest BCUT2D eigenvalue weighted by Crippen LogP contribution is 2.22. The molecule has 0 rings (SSSR count). The number of carbonyl (C=O) groups is 1. The predicted octanol–water partition coefficient (Wildman–Crippen LogP) is 2.30. The fourth-order valence-electron chi connectivity index (χ4n) is 0.904. The van der Waals surface area contributed by atoms with Crippen molar-refractivity contribution >= 4 is 5.91 Å². The van der Waals surface area contributed by atoms with Crippen LogP contribution in [0.15, 0.2) is 0 Å². The Morgan fingerprint density at radius 2 is 1.31 bits per heavy atom. The molecule has 0 N–H and O–H groups in total. The van der Waals surface area contributed by atoms with Crippen LogP contribution < -0.4 is 0 Å². The molecule has 0 unspecified atom stereocenters. The third-order valence-corrected chi connectivity index (χ3v) is 1.40. The Bertz CT molecular complexity index is 218. The van der Waals surface area contributed by atoms with E-state index in [4.69, 9.17) is 0 Å². The molecular weight excluding hydrogens is 247 g/mol.